The number of carbonyl (C=O) groups is 2. The molecule has 0 heterocycles. The van der Waals surface area contributed by atoms with Gasteiger partial charge in [-0.2, -0.15) is 0 Å². The van der Waals surface area contributed by atoms with Gasteiger partial charge < -0.3 is 19.8 Å². The fraction of sp³-hybridized carbons (Fsp3) is 0. The fourth-order valence-electron chi connectivity index (χ4n) is 0. The maximum atomic E-state index is 8.67. The first-order valence-corrected chi connectivity index (χ1v) is 1.39. The summed E-state index contributed by atoms with van der Waals surface area (Å²) in [5.41, 5.74) is 0. The van der Waals surface area contributed by atoms with Gasteiger partial charge in [0.1, 0.15) is 15.7 Å². The van der Waals surface area contributed by atoms with Crippen molar-refractivity contribution in [1.29, 1.82) is 0 Å². The van der Waals surface area contributed by atoms with Gasteiger partial charge in [-0.1, -0.05) is 0 Å². The third-order valence-electron chi connectivity index (χ3n) is 0. The average Bonchev–Trinajstić information content (AvgIpc) is 1.25. The van der Waals surface area contributed by atoms with E-state index in [2.05, 4.69) is 15.7 Å². The second-order valence-corrected chi connectivity index (χ2v) is 0.638. The molecule has 0 spiro atoms. The van der Waals surface area contributed by atoms with E-state index in [4.69, 9.17) is 19.8 Å². The van der Waals surface area contributed by atoms with E-state index in [0.717, 1.165) is 0 Å². The molecule has 47 valence electrons. The van der Waals surface area contributed by atoms with Gasteiger partial charge >= 0.3 is 16.8 Å². The molecule has 0 saturated carbocycles. The van der Waals surface area contributed by atoms with Gasteiger partial charge in [-0.25, -0.2) is 0 Å². The Hall–Kier alpha value is -0.424. The topological polar surface area (TPSA) is 80.3 Å². The third-order valence-corrected chi connectivity index (χ3v) is 0. The largest absolute Gasteiger partial charge is 2.00 e. The molecule has 0 amide bonds. The molecule has 0 bridgehead atoms. The van der Waals surface area contributed by atoms with E-state index in [1.807, 2.05) is 0 Å². The van der Waals surface area contributed by atoms with Gasteiger partial charge in [0.2, 0.25) is 0 Å². The van der Waals surface area contributed by atoms with Crippen LogP contribution in [0.2, 0.25) is 0 Å². The van der Waals surface area contributed by atoms with Crippen molar-refractivity contribution in [3.8, 4) is 0 Å². The smallest absolute Gasteiger partial charge is 0.562 e. The number of carboxylic acid groups (broad SMARTS) is 2. The zero-order valence-electron chi connectivity index (χ0n) is 4.12. The first-order valence-electron chi connectivity index (χ1n) is 1.39. The molecule has 0 aromatic heterocycles. The second kappa shape index (κ2) is 10.5. The van der Waals surface area contributed by atoms with Crippen LogP contribution < -0.4 is 10.2 Å². The molecule has 0 aromatic rings. The predicted octanol–water partition coefficient (Wildman–Crippen LogP) is -3.01. The van der Waals surface area contributed by atoms with Crippen molar-refractivity contribution in [3.05, 3.63) is 0 Å². The van der Waals surface area contributed by atoms with E-state index in [0.29, 0.717) is 0 Å². The average molecular weight is 169 g/mol. The van der Waals surface area contributed by atoms with E-state index in [1.165, 1.54) is 0 Å². The summed E-state index contributed by atoms with van der Waals surface area (Å²) in [5, 5.41) is 17.3. The summed E-state index contributed by atoms with van der Waals surface area (Å²) in [6.07, 6.45) is 0. The molecule has 7 heteroatoms. The molecular formula is C2B2CoO4. The minimum Gasteiger partial charge on any atom is -0.562 e. The van der Waals surface area contributed by atoms with Gasteiger partial charge in [0, 0.05) is 0 Å². The van der Waals surface area contributed by atoms with E-state index in [1.54, 1.807) is 0 Å². The normalized spacial score (nSPS) is 5.33. The molecule has 5 radical (unpaired) electrons. The van der Waals surface area contributed by atoms with Crippen molar-refractivity contribution in [1.82, 2.24) is 0 Å². The van der Waals surface area contributed by atoms with Crippen LogP contribution in [0.4, 0.5) is 9.59 Å². The van der Waals surface area contributed by atoms with E-state index in [9.17, 15) is 0 Å². The quantitative estimate of drug-likeness (QED) is 0.361. The summed E-state index contributed by atoms with van der Waals surface area (Å²) in [5.74, 6) is -3.17. The fourth-order valence-corrected chi connectivity index (χ4v) is 0. The molecule has 0 aliphatic carbocycles. The van der Waals surface area contributed by atoms with Gasteiger partial charge in [-0.15, -0.1) is 0 Å². The van der Waals surface area contributed by atoms with E-state index in [-0.39, 0.29) is 16.8 Å². The number of hydrogen-bond donors (Lipinski definition) is 0. The van der Waals surface area contributed by atoms with Crippen molar-refractivity contribution in [2.45, 2.75) is 0 Å². The first-order chi connectivity index (χ1) is 3.46. The van der Waals surface area contributed by atoms with Crippen molar-refractivity contribution in [2.75, 3.05) is 0 Å². The van der Waals surface area contributed by atoms with Crippen molar-refractivity contribution < 1.29 is 36.6 Å². The number of carbonyl (C=O) groups excluding carboxylic acids is 2. The summed E-state index contributed by atoms with van der Waals surface area (Å²) < 4.78 is 0. The Labute approximate surface area is 64.6 Å². The summed E-state index contributed by atoms with van der Waals surface area (Å²) in [6, 6.07) is 0. The van der Waals surface area contributed by atoms with Crippen LogP contribution in [-0.4, -0.2) is 27.4 Å². The Kier molecular flexibility index (Phi) is 18.5. The molecule has 0 rings (SSSR count). The minimum absolute atomic E-state index is 0. The molecule has 0 saturated heterocycles. The van der Waals surface area contributed by atoms with Gasteiger partial charge in [0.05, 0.1) is 0 Å². The van der Waals surface area contributed by atoms with Crippen LogP contribution in [0.25, 0.3) is 0 Å². The van der Waals surface area contributed by atoms with Crippen LogP contribution in [0, 0.1) is 0 Å². The standard InChI is InChI=1S/2CHBO2.Co/c2*2-1(3)4;/h2*(H,3,4);/q;;+2/p-2. The summed E-state index contributed by atoms with van der Waals surface area (Å²) in [6.45, 7) is 0. The minimum atomic E-state index is -1.58. The molecule has 0 fully saturated rings. The zero-order chi connectivity index (χ0) is 7.15. The van der Waals surface area contributed by atoms with Crippen LogP contribution in [0.15, 0.2) is 0 Å². The molecule has 0 atom stereocenters. The van der Waals surface area contributed by atoms with Crippen LogP contribution in [0.1, 0.15) is 0 Å². The molecule has 0 aliphatic heterocycles. The van der Waals surface area contributed by atoms with Gasteiger partial charge in [0.25, 0.3) is 0 Å². The molecule has 0 aromatic carbocycles. The molecule has 4 nitrogen and oxygen atoms in total. The molecule has 0 aliphatic rings. The second-order valence-electron chi connectivity index (χ2n) is 0.638. The SMILES string of the molecule is [B]C(=O)[O-].[B]C(=O)[O-].[Co+2]. The van der Waals surface area contributed by atoms with Crippen LogP contribution in [-0.2, 0) is 16.8 Å². The molecular weight excluding hydrogens is 169 g/mol. The Morgan fingerprint density at radius 3 is 1.00 bits per heavy atom. The summed E-state index contributed by atoms with van der Waals surface area (Å²) in [7, 11) is 7.83. The maximum Gasteiger partial charge on any atom is 2.00 e. The molecule has 0 N–H and O–H groups in total. The monoisotopic (exact) mass is 169 g/mol. The summed E-state index contributed by atoms with van der Waals surface area (Å²) >= 11 is 0. The van der Waals surface area contributed by atoms with E-state index < -0.39 is 11.7 Å². The van der Waals surface area contributed by atoms with E-state index >= 15 is 0 Å². The number of rotatable bonds is 0. The van der Waals surface area contributed by atoms with Gasteiger partial charge in [-0.3, -0.25) is 0 Å². The van der Waals surface area contributed by atoms with Gasteiger partial charge in [0.15, 0.2) is 0 Å². The Morgan fingerprint density at radius 2 is 1.00 bits per heavy atom. The third kappa shape index (κ3) is 1310. The van der Waals surface area contributed by atoms with Crippen molar-refractivity contribution in [3.63, 3.8) is 0 Å². The van der Waals surface area contributed by atoms with Crippen LogP contribution in [0.3, 0.4) is 0 Å². The number of hydrogen-bond acceptors (Lipinski definition) is 4. The predicted molar refractivity (Wildman–Crippen MR) is 22.3 cm³/mol. The van der Waals surface area contributed by atoms with Crippen molar-refractivity contribution >= 4 is 27.4 Å². The van der Waals surface area contributed by atoms with Crippen LogP contribution >= 0.6 is 0 Å². The molecule has 9 heavy (non-hydrogen) atoms. The first kappa shape index (κ1) is 15.8. The summed E-state index contributed by atoms with van der Waals surface area (Å²) in [4.78, 5) is 17.3. The Bertz CT molecular complexity index is 74.6. The molecule has 0 unspecified atom stereocenters. The zero-order valence-corrected chi connectivity index (χ0v) is 5.16. The Morgan fingerprint density at radius 1 is 1.00 bits per heavy atom. The van der Waals surface area contributed by atoms with Crippen LogP contribution in [0.5, 0.6) is 0 Å². The van der Waals surface area contributed by atoms with Crippen molar-refractivity contribution in [2.24, 2.45) is 0 Å². The van der Waals surface area contributed by atoms with Gasteiger partial charge in [-0.05, 0) is 11.7 Å². The maximum absolute atomic E-state index is 8.67. The Balaban J connectivity index is -0.0000000720.